The van der Waals surface area contributed by atoms with Crippen LogP contribution < -0.4 is 11.1 Å². The van der Waals surface area contributed by atoms with Crippen LogP contribution in [0.1, 0.15) is 16.8 Å². The smallest absolute Gasteiger partial charge is 0.224 e. The Labute approximate surface area is 119 Å². The number of nitrogens with two attached hydrogens (primary N) is 1. The van der Waals surface area contributed by atoms with Crippen LogP contribution in [0.4, 0.5) is 0 Å². The fraction of sp³-hybridized carbons (Fsp3) is 0.250. The molecule has 1 aromatic carbocycles. The minimum Gasteiger partial charge on any atom is -0.355 e. The molecule has 2 rings (SSSR count). The fourth-order valence-corrected chi connectivity index (χ4v) is 1.92. The molecule has 1 heterocycles. The van der Waals surface area contributed by atoms with Gasteiger partial charge in [-0.05, 0) is 23.3 Å². The van der Waals surface area contributed by atoms with Crippen LogP contribution in [-0.4, -0.2) is 17.4 Å². The summed E-state index contributed by atoms with van der Waals surface area (Å²) in [6.45, 7) is 1.13. The molecule has 3 N–H and O–H groups in total. The molecule has 0 atom stereocenters. The number of benzene rings is 1. The van der Waals surface area contributed by atoms with Crippen LogP contribution in [0.2, 0.25) is 0 Å². The van der Waals surface area contributed by atoms with Crippen LogP contribution in [0.3, 0.4) is 0 Å². The van der Waals surface area contributed by atoms with E-state index in [-0.39, 0.29) is 5.91 Å². The number of rotatable bonds is 6. The molecule has 1 aromatic heterocycles. The average molecular weight is 269 g/mol. The molecule has 4 nitrogen and oxygen atoms in total. The van der Waals surface area contributed by atoms with E-state index in [1.807, 2.05) is 42.5 Å². The summed E-state index contributed by atoms with van der Waals surface area (Å²) < 4.78 is 0. The highest BCUT2D eigenvalue weighted by atomic mass is 16.1. The summed E-state index contributed by atoms with van der Waals surface area (Å²) in [4.78, 5) is 16.0. The largest absolute Gasteiger partial charge is 0.355 e. The predicted octanol–water partition coefficient (Wildman–Crippen LogP) is 1.44. The zero-order valence-corrected chi connectivity index (χ0v) is 11.4. The van der Waals surface area contributed by atoms with Crippen LogP contribution in [0, 0.1) is 0 Å². The fourth-order valence-electron chi connectivity index (χ4n) is 1.92. The third kappa shape index (κ3) is 4.48. The maximum Gasteiger partial charge on any atom is 0.224 e. The molecule has 0 saturated carbocycles. The first-order chi connectivity index (χ1) is 9.78. The normalized spacial score (nSPS) is 10.2. The van der Waals surface area contributed by atoms with Crippen molar-refractivity contribution in [3.8, 4) is 0 Å². The van der Waals surface area contributed by atoms with Gasteiger partial charge in [0.2, 0.25) is 5.91 Å². The number of carbonyl (C=O) groups excluding carboxylic acids is 1. The van der Waals surface area contributed by atoms with Crippen molar-refractivity contribution in [2.24, 2.45) is 5.73 Å². The molecule has 20 heavy (non-hydrogen) atoms. The molecule has 0 saturated heterocycles. The minimum absolute atomic E-state index is 0.0291. The van der Waals surface area contributed by atoms with E-state index in [9.17, 15) is 4.79 Å². The molecular weight excluding hydrogens is 250 g/mol. The topological polar surface area (TPSA) is 68.0 Å². The van der Waals surface area contributed by atoms with Crippen molar-refractivity contribution in [3.05, 3.63) is 65.5 Å². The number of carbonyl (C=O) groups is 1. The van der Waals surface area contributed by atoms with E-state index in [0.29, 0.717) is 19.5 Å². The van der Waals surface area contributed by atoms with Gasteiger partial charge in [-0.25, -0.2) is 0 Å². The predicted molar refractivity (Wildman–Crippen MR) is 79.0 cm³/mol. The molecule has 1 amide bonds. The maximum atomic E-state index is 11.8. The molecule has 0 radical (unpaired) electrons. The molecule has 104 valence electrons. The van der Waals surface area contributed by atoms with Crippen molar-refractivity contribution in [2.45, 2.75) is 19.4 Å². The van der Waals surface area contributed by atoms with Gasteiger partial charge < -0.3 is 11.1 Å². The molecule has 2 aromatic rings. The number of amides is 1. The standard InChI is InChI=1S/C16H19N3O/c17-12-14-6-4-13(5-7-14)11-16(20)19-10-8-15-3-1-2-9-18-15/h1-7,9H,8,10-12,17H2,(H,19,20). The lowest BCUT2D eigenvalue weighted by molar-refractivity contribution is -0.120. The molecule has 0 fully saturated rings. The molecule has 0 bridgehead atoms. The van der Waals surface area contributed by atoms with Gasteiger partial charge in [-0.15, -0.1) is 0 Å². The summed E-state index contributed by atoms with van der Waals surface area (Å²) >= 11 is 0. The van der Waals surface area contributed by atoms with Gasteiger partial charge in [-0.1, -0.05) is 30.3 Å². The van der Waals surface area contributed by atoms with E-state index in [1.54, 1.807) is 6.20 Å². The molecule has 0 aliphatic carbocycles. The van der Waals surface area contributed by atoms with E-state index in [4.69, 9.17) is 5.73 Å². The molecule has 4 heteroatoms. The van der Waals surface area contributed by atoms with Crippen molar-refractivity contribution in [3.63, 3.8) is 0 Å². The first kappa shape index (κ1) is 14.2. The van der Waals surface area contributed by atoms with Gasteiger partial charge in [-0.2, -0.15) is 0 Å². The van der Waals surface area contributed by atoms with E-state index in [1.165, 1.54) is 0 Å². The Hall–Kier alpha value is -2.20. The van der Waals surface area contributed by atoms with Gasteiger partial charge in [0.05, 0.1) is 6.42 Å². The van der Waals surface area contributed by atoms with Crippen LogP contribution in [-0.2, 0) is 24.2 Å². The Bertz CT molecular complexity index is 537. The number of nitrogens with zero attached hydrogens (tertiary/aromatic N) is 1. The van der Waals surface area contributed by atoms with Crippen LogP contribution >= 0.6 is 0 Å². The van der Waals surface area contributed by atoms with E-state index in [2.05, 4.69) is 10.3 Å². The van der Waals surface area contributed by atoms with E-state index in [0.717, 1.165) is 23.2 Å². The zero-order valence-electron chi connectivity index (χ0n) is 11.4. The second-order valence-electron chi connectivity index (χ2n) is 4.62. The van der Waals surface area contributed by atoms with Gasteiger partial charge in [0.15, 0.2) is 0 Å². The number of nitrogens with one attached hydrogen (secondary N) is 1. The molecule has 0 aliphatic rings. The zero-order chi connectivity index (χ0) is 14.2. The number of aromatic nitrogens is 1. The number of hydrogen-bond donors (Lipinski definition) is 2. The Balaban J connectivity index is 1.74. The summed E-state index contributed by atoms with van der Waals surface area (Å²) in [6.07, 6.45) is 2.90. The lowest BCUT2D eigenvalue weighted by atomic mass is 10.1. The third-order valence-electron chi connectivity index (χ3n) is 3.05. The van der Waals surface area contributed by atoms with Gasteiger partial charge in [0, 0.05) is 31.4 Å². The summed E-state index contributed by atoms with van der Waals surface area (Å²) in [5, 5.41) is 2.90. The highest BCUT2D eigenvalue weighted by molar-refractivity contribution is 5.78. The van der Waals surface area contributed by atoms with Crippen LogP contribution in [0.15, 0.2) is 48.7 Å². The Kier molecular flexibility index (Phi) is 5.26. The second-order valence-corrected chi connectivity index (χ2v) is 4.62. The van der Waals surface area contributed by atoms with Gasteiger partial charge in [0.1, 0.15) is 0 Å². The third-order valence-corrected chi connectivity index (χ3v) is 3.05. The van der Waals surface area contributed by atoms with Gasteiger partial charge >= 0.3 is 0 Å². The van der Waals surface area contributed by atoms with Crippen molar-refractivity contribution in [2.75, 3.05) is 6.54 Å². The molecular formula is C16H19N3O. The molecule has 0 spiro atoms. The summed E-state index contributed by atoms with van der Waals surface area (Å²) in [5.74, 6) is 0.0291. The van der Waals surface area contributed by atoms with Crippen molar-refractivity contribution in [1.82, 2.24) is 10.3 Å². The monoisotopic (exact) mass is 269 g/mol. The highest BCUT2D eigenvalue weighted by Gasteiger charge is 2.03. The summed E-state index contributed by atoms with van der Waals surface area (Å²) in [7, 11) is 0. The Morgan fingerprint density at radius 2 is 1.85 bits per heavy atom. The molecule has 0 aliphatic heterocycles. The average Bonchev–Trinajstić information content (AvgIpc) is 2.49. The minimum atomic E-state index is 0.0291. The van der Waals surface area contributed by atoms with Crippen molar-refractivity contribution in [1.29, 1.82) is 0 Å². The van der Waals surface area contributed by atoms with Crippen molar-refractivity contribution >= 4 is 5.91 Å². The highest BCUT2D eigenvalue weighted by Crippen LogP contribution is 2.04. The van der Waals surface area contributed by atoms with E-state index >= 15 is 0 Å². The maximum absolute atomic E-state index is 11.8. The summed E-state index contributed by atoms with van der Waals surface area (Å²) in [5.41, 5.74) is 8.59. The van der Waals surface area contributed by atoms with Gasteiger partial charge in [-0.3, -0.25) is 9.78 Å². The second kappa shape index (κ2) is 7.40. The lowest BCUT2D eigenvalue weighted by Gasteiger charge is -2.05. The Morgan fingerprint density at radius 1 is 1.10 bits per heavy atom. The quantitative estimate of drug-likeness (QED) is 0.834. The van der Waals surface area contributed by atoms with Crippen LogP contribution in [0.5, 0.6) is 0 Å². The first-order valence-electron chi connectivity index (χ1n) is 6.72. The Morgan fingerprint density at radius 3 is 2.50 bits per heavy atom. The molecule has 0 unspecified atom stereocenters. The first-order valence-corrected chi connectivity index (χ1v) is 6.72. The lowest BCUT2D eigenvalue weighted by Crippen LogP contribution is -2.27. The van der Waals surface area contributed by atoms with Crippen molar-refractivity contribution < 1.29 is 4.79 Å². The SMILES string of the molecule is NCc1ccc(CC(=O)NCCc2ccccn2)cc1. The summed E-state index contributed by atoms with van der Waals surface area (Å²) in [6, 6.07) is 13.6. The van der Waals surface area contributed by atoms with Gasteiger partial charge in [0.25, 0.3) is 0 Å². The van der Waals surface area contributed by atoms with Crippen LogP contribution in [0.25, 0.3) is 0 Å². The number of hydrogen-bond acceptors (Lipinski definition) is 3. The van der Waals surface area contributed by atoms with E-state index < -0.39 is 0 Å². The number of pyridine rings is 1.